The van der Waals surface area contributed by atoms with Gasteiger partial charge in [0.05, 0.1) is 28.3 Å². The highest BCUT2D eigenvalue weighted by Crippen LogP contribution is 2.46. The van der Waals surface area contributed by atoms with Crippen molar-refractivity contribution in [3.63, 3.8) is 0 Å². The van der Waals surface area contributed by atoms with Gasteiger partial charge in [-0.2, -0.15) is 0 Å². The summed E-state index contributed by atoms with van der Waals surface area (Å²) in [5.74, 6) is 11.1. The lowest BCUT2D eigenvalue weighted by Gasteiger charge is -2.13. The first kappa shape index (κ1) is 33.5. The van der Waals surface area contributed by atoms with Crippen LogP contribution in [0.2, 0.25) is 0 Å². The van der Waals surface area contributed by atoms with E-state index in [4.69, 9.17) is 35.7 Å². The Morgan fingerprint density at radius 3 is 1.38 bits per heavy atom. The summed E-state index contributed by atoms with van der Waals surface area (Å²) < 4.78 is 0. The summed E-state index contributed by atoms with van der Waals surface area (Å²) in [5.41, 5.74) is 17.5. The van der Waals surface area contributed by atoms with Crippen LogP contribution in [0.15, 0.2) is 127 Å². The third-order valence-corrected chi connectivity index (χ3v) is 10.0. The van der Waals surface area contributed by atoms with Crippen molar-refractivity contribution in [2.45, 2.75) is 0 Å². The molecular formula is C52H30N4. The molecule has 0 amide bonds. The van der Waals surface area contributed by atoms with E-state index in [1.807, 2.05) is 91.0 Å². The van der Waals surface area contributed by atoms with Gasteiger partial charge in [-0.05, 0) is 119 Å². The van der Waals surface area contributed by atoms with Gasteiger partial charge in [-0.25, -0.2) is 9.97 Å². The van der Waals surface area contributed by atoms with Crippen molar-refractivity contribution < 1.29 is 0 Å². The van der Waals surface area contributed by atoms with Gasteiger partial charge in [0.2, 0.25) is 0 Å². The number of rotatable bonds is 4. The van der Waals surface area contributed by atoms with E-state index in [1.165, 1.54) is 0 Å². The van der Waals surface area contributed by atoms with Gasteiger partial charge in [-0.1, -0.05) is 72.2 Å². The number of terminal acetylenes is 4. The van der Waals surface area contributed by atoms with E-state index in [0.29, 0.717) is 0 Å². The van der Waals surface area contributed by atoms with E-state index in [9.17, 15) is 0 Å². The highest BCUT2D eigenvalue weighted by molar-refractivity contribution is 6.11. The number of hydrogen-bond donors (Lipinski definition) is 2. The lowest BCUT2D eigenvalue weighted by atomic mass is 9.90. The van der Waals surface area contributed by atoms with Crippen LogP contribution >= 0.6 is 0 Å². The van der Waals surface area contributed by atoms with Crippen LogP contribution in [0.4, 0.5) is 0 Å². The molecule has 0 saturated carbocycles. The van der Waals surface area contributed by atoms with Gasteiger partial charge < -0.3 is 9.97 Å². The van der Waals surface area contributed by atoms with Crippen LogP contribution in [0.25, 0.3) is 79.2 Å². The van der Waals surface area contributed by atoms with Crippen molar-refractivity contribution in [3.05, 3.63) is 178 Å². The van der Waals surface area contributed by atoms with E-state index < -0.39 is 0 Å². The maximum atomic E-state index is 5.87. The molecule has 4 aromatic carbocycles. The van der Waals surface area contributed by atoms with Gasteiger partial charge >= 0.3 is 0 Å². The van der Waals surface area contributed by atoms with Crippen molar-refractivity contribution in [3.8, 4) is 82.8 Å². The molecule has 7 aromatic rings. The summed E-state index contributed by atoms with van der Waals surface area (Å²) >= 11 is 0. The normalized spacial score (nSPS) is 11.5. The maximum Gasteiger partial charge on any atom is 0.0815 e. The summed E-state index contributed by atoms with van der Waals surface area (Å²) in [7, 11) is 0. The van der Waals surface area contributed by atoms with Crippen molar-refractivity contribution in [2.75, 3.05) is 0 Å². The Hall–Kier alpha value is -8.28. The lowest BCUT2D eigenvalue weighted by molar-refractivity contribution is 1.30. The van der Waals surface area contributed by atoms with Gasteiger partial charge in [0.1, 0.15) is 0 Å². The van der Waals surface area contributed by atoms with Gasteiger partial charge in [-0.15, -0.1) is 25.7 Å². The Bertz CT molecular complexity index is 3120. The monoisotopic (exact) mass is 710 g/mol. The predicted molar refractivity (Wildman–Crippen MR) is 231 cm³/mol. The van der Waals surface area contributed by atoms with E-state index in [2.05, 4.69) is 88.3 Å². The van der Waals surface area contributed by atoms with Crippen LogP contribution in [0.3, 0.4) is 0 Å². The first-order chi connectivity index (χ1) is 27.5. The Kier molecular flexibility index (Phi) is 8.35. The first-order valence-electron chi connectivity index (χ1n) is 18.0. The molecule has 0 aliphatic carbocycles. The molecule has 0 saturated heterocycles. The smallest absolute Gasteiger partial charge is 0.0815 e. The fraction of sp³-hybridized carbons (Fsp3) is 0. The molecule has 0 radical (unpaired) electrons. The number of fused-ring (bicyclic) bond motifs is 8. The molecule has 56 heavy (non-hydrogen) atoms. The Balaban J connectivity index is 1.52. The molecule has 3 aromatic heterocycles. The van der Waals surface area contributed by atoms with Gasteiger partial charge in [-0.3, -0.25) is 0 Å². The van der Waals surface area contributed by atoms with E-state index in [-0.39, 0.29) is 0 Å². The molecule has 0 spiro atoms. The molecule has 5 heterocycles. The Morgan fingerprint density at radius 1 is 0.411 bits per heavy atom. The van der Waals surface area contributed by atoms with Gasteiger partial charge in [0.15, 0.2) is 0 Å². The lowest BCUT2D eigenvalue weighted by Crippen LogP contribution is -1.93. The molecule has 0 unspecified atom stereocenters. The third kappa shape index (κ3) is 6.17. The molecular weight excluding hydrogens is 681 g/mol. The zero-order valence-corrected chi connectivity index (χ0v) is 30.1. The summed E-state index contributed by atoms with van der Waals surface area (Å²) in [4.78, 5) is 17.9. The van der Waals surface area contributed by atoms with Gasteiger partial charge in [0, 0.05) is 61.1 Å². The van der Waals surface area contributed by atoms with Gasteiger partial charge in [0.25, 0.3) is 0 Å². The molecule has 8 bridgehead atoms. The average molecular weight is 711 g/mol. The molecule has 2 N–H and O–H groups in total. The molecule has 258 valence electrons. The average Bonchev–Trinajstić information content (AvgIpc) is 4.06. The number of nitrogens with one attached hydrogen (secondary N) is 2. The van der Waals surface area contributed by atoms with E-state index in [0.717, 1.165) is 112 Å². The number of benzene rings is 4. The van der Waals surface area contributed by atoms with Crippen molar-refractivity contribution >= 4 is 45.9 Å². The Morgan fingerprint density at radius 2 is 0.857 bits per heavy atom. The molecule has 9 rings (SSSR count). The minimum absolute atomic E-state index is 0.773. The van der Waals surface area contributed by atoms with Crippen LogP contribution in [0.1, 0.15) is 50.6 Å². The molecule has 2 aliphatic rings. The van der Waals surface area contributed by atoms with E-state index in [1.54, 1.807) is 0 Å². The van der Waals surface area contributed by atoms with Crippen molar-refractivity contribution in [2.24, 2.45) is 0 Å². The standard InChI is InChI=1S/C52H30N4/c1-5-33-9-17-37(18-10-33)46-31-45-30-43-26-25-41(53-43)29-42-27-28-44(54-42)32-47-48(38-19-11-34(6-2)12-20-38)49(39-21-13-35(7-3)14-22-39)52(56-47)50(51(46)55-45)40-23-15-36(8-4)16-24-40/h1-4,9-32,53,56H. The Labute approximate surface area is 325 Å². The number of hydrogen-bond acceptors (Lipinski definition) is 2. The van der Waals surface area contributed by atoms with Crippen molar-refractivity contribution in [1.82, 2.24) is 19.9 Å². The minimum Gasteiger partial charge on any atom is -0.355 e. The molecule has 4 nitrogen and oxygen atoms in total. The zero-order chi connectivity index (χ0) is 38.2. The largest absolute Gasteiger partial charge is 0.355 e. The summed E-state index contributed by atoms with van der Waals surface area (Å²) in [6.45, 7) is 0. The topological polar surface area (TPSA) is 57.4 Å². The predicted octanol–water partition coefficient (Wildman–Crippen LogP) is 11.0. The van der Waals surface area contributed by atoms with Crippen LogP contribution in [-0.2, 0) is 0 Å². The number of nitrogens with zero attached hydrogens (tertiary/aromatic N) is 2. The second kappa shape index (κ2) is 13.9. The summed E-state index contributed by atoms with van der Waals surface area (Å²) in [6, 6.07) is 42.4. The highest BCUT2D eigenvalue weighted by Gasteiger charge is 2.24. The molecule has 4 heteroatoms. The SMILES string of the molecule is C#Cc1ccc(C2=Cc3cc4ccc(cc5nc(cc6[nH]c(c(-c7ccc(C#C)cc7)c2n3)c(-c2ccc(C#C)cc2)c6-c2ccc(C#C)cc2)C=C5)[nH]4)cc1. The minimum atomic E-state index is 0.773. The summed E-state index contributed by atoms with van der Waals surface area (Å²) in [6.07, 6.45) is 29.5. The first-order valence-corrected chi connectivity index (χ1v) is 18.0. The molecule has 0 fully saturated rings. The second-order valence-electron chi connectivity index (χ2n) is 13.5. The zero-order valence-electron chi connectivity index (χ0n) is 30.1. The quantitative estimate of drug-likeness (QED) is 0.179. The molecule has 0 atom stereocenters. The van der Waals surface area contributed by atoms with Crippen LogP contribution in [0, 0.1) is 49.4 Å². The summed E-state index contributed by atoms with van der Waals surface area (Å²) in [5, 5.41) is 0. The second-order valence-corrected chi connectivity index (χ2v) is 13.5. The number of aromatic amines is 2. The fourth-order valence-corrected chi connectivity index (χ4v) is 7.29. The highest BCUT2D eigenvalue weighted by atomic mass is 14.8. The van der Waals surface area contributed by atoms with Crippen LogP contribution in [0.5, 0.6) is 0 Å². The van der Waals surface area contributed by atoms with Crippen LogP contribution in [-0.4, -0.2) is 19.9 Å². The fourth-order valence-electron chi connectivity index (χ4n) is 7.29. The number of aromatic nitrogens is 4. The van der Waals surface area contributed by atoms with Crippen molar-refractivity contribution in [1.29, 1.82) is 0 Å². The van der Waals surface area contributed by atoms with E-state index >= 15 is 0 Å². The maximum absolute atomic E-state index is 5.87. The molecule has 2 aliphatic heterocycles. The third-order valence-electron chi connectivity index (χ3n) is 10.0. The van der Waals surface area contributed by atoms with Crippen LogP contribution < -0.4 is 0 Å². The number of H-pyrrole nitrogens is 2.